The van der Waals surface area contributed by atoms with Crippen molar-refractivity contribution in [2.45, 2.75) is 50.6 Å². The van der Waals surface area contributed by atoms with Gasteiger partial charge in [0, 0.05) is 24.7 Å². The molecule has 5 rings (SSSR count). The van der Waals surface area contributed by atoms with Gasteiger partial charge in [0.2, 0.25) is 0 Å². The molecule has 0 unspecified atom stereocenters. The molecule has 4 heteroatoms. The van der Waals surface area contributed by atoms with E-state index in [4.69, 9.17) is 4.74 Å². The van der Waals surface area contributed by atoms with Gasteiger partial charge < -0.3 is 9.64 Å². The van der Waals surface area contributed by atoms with Crippen molar-refractivity contribution in [1.29, 1.82) is 0 Å². The smallest absolute Gasteiger partial charge is 0.254 e. The number of ether oxygens (including phenoxy) is 1. The van der Waals surface area contributed by atoms with Crippen LogP contribution in [-0.4, -0.2) is 54.5 Å². The molecule has 4 aliphatic rings. The van der Waals surface area contributed by atoms with Crippen LogP contribution in [0.15, 0.2) is 35.9 Å². The molecule has 4 atom stereocenters. The second kappa shape index (κ2) is 6.97. The highest BCUT2D eigenvalue weighted by Crippen LogP contribution is 2.45. The predicted octanol–water partition coefficient (Wildman–Crippen LogP) is 3.73. The Labute approximate surface area is 162 Å². The lowest BCUT2D eigenvalue weighted by atomic mass is 9.68. The number of rotatable bonds is 2. The van der Waals surface area contributed by atoms with Gasteiger partial charge in [-0.25, -0.2) is 0 Å². The van der Waals surface area contributed by atoms with Crippen LogP contribution in [0.4, 0.5) is 0 Å². The van der Waals surface area contributed by atoms with E-state index in [2.05, 4.69) is 15.9 Å². The van der Waals surface area contributed by atoms with Crippen molar-refractivity contribution in [2.24, 2.45) is 11.8 Å². The molecule has 0 saturated carbocycles. The molecule has 1 aromatic rings. The SMILES string of the molecule is COc1ccc(C(=O)N2CCCC3=C[C@H]4C[C@@H](CN5CCCC[C@H]45)[C@@H]32)cc1. The number of piperidine rings is 3. The van der Waals surface area contributed by atoms with Gasteiger partial charge in [0.15, 0.2) is 0 Å². The predicted molar refractivity (Wildman–Crippen MR) is 106 cm³/mol. The van der Waals surface area contributed by atoms with Crippen LogP contribution in [0.3, 0.4) is 0 Å². The third-order valence-electron chi connectivity index (χ3n) is 7.26. The number of nitrogens with zero attached hydrogens (tertiary/aromatic N) is 2. The summed E-state index contributed by atoms with van der Waals surface area (Å²) in [6.45, 7) is 3.31. The molecular weight excluding hydrogens is 336 g/mol. The van der Waals surface area contributed by atoms with Gasteiger partial charge in [-0.1, -0.05) is 18.1 Å². The zero-order valence-corrected chi connectivity index (χ0v) is 16.3. The second-order valence-electron chi connectivity index (χ2n) is 8.73. The van der Waals surface area contributed by atoms with Crippen LogP contribution in [0.5, 0.6) is 5.75 Å². The van der Waals surface area contributed by atoms with Crippen molar-refractivity contribution in [1.82, 2.24) is 9.80 Å². The molecule has 27 heavy (non-hydrogen) atoms. The molecule has 4 nitrogen and oxygen atoms in total. The van der Waals surface area contributed by atoms with Gasteiger partial charge in [-0.2, -0.15) is 0 Å². The summed E-state index contributed by atoms with van der Waals surface area (Å²) in [5.41, 5.74) is 2.33. The molecule has 2 bridgehead atoms. The third kappa shape index (κ3) is 2.98. The normalized spacial score (nSPS) is 32.9. The largest absolute Gasteiger partial charge is 0.497 e. The van der Waals surface area contributed by atoms with Crippen LogP contribution in [0.2, 0.25) is 0 Å². The molecule has 0 radical (unpaired) electrons. The van der Waals surface area contributed by atoms with Crippen LogP contribution in [0, 0.1) is 11.8 Å². The second-order valence-corrected chi connectivity index (χ2v) is 8.73. The van der Waals surface area contributed by atoms with Crippen LogP contribution < -0.4 is 4.74 Å². The highest BCUT2D eigenvalue weighted by atomic mass is 16.5. The van der Waals surface area contributed by atoms with E-state index >= 15 is 0 Å². The van der Waals surface area contributed by atoms with E-state index in [1.165, 1.54) is 45.2 Å². The Hall–Kier alpha value is -1.81. The van der Waals surface area contributed by atoms with E-state index in [1.807, 2.05) is 24.3 Å². The van der Waals surface area contributed by atoms with Crippen LogP contribution in [0.25, 0.3) is 0 Å². The number of fused-ring (bicyclic) bond motifs is 6. The van der Waals surface area contributed by atoms with Crippen LogP contribution in [0.1, 0.15) is 48.9 Å². The number of carbonyl (C=O) groups is 1. The summed E-state index contributed by atoms with van der Waals surface area (Å²) in [7, 11) is 1.66. The summed E-state index contributed by atoms with van der Waals surface area (Å²) in [6.07, 6.45) is 10.2. The Balaban J connectivity index is 1.43. The molecule has 3 saturated heterocycles. The first-order valence-corrected chi connectivity index (χ1v) is 10.6. The van der Waals surface area contributed by atoms with Gasteiger partial charge in [-0.05, 0) is 74.8 Å². The van der Waals surface area contributed by atoms with Crippen molar-refractivity contribution in [3.8, 4) is 5.75 Å². The fraction of sp³-hybridized carbons (Fsp3) is 0.609. The third-order valence-corrected chi connectivity index (χ3v) is 7.26. The zero-order chi connectivity index (χ0) is 18.4. The Morgan fingerprint density at radius 2 is 1.96 bits per heavy atom. The first-order chi connectivity index (χ1) is 13.2. The average molecular weight is 367 g/mol. The van der Waals surface area contributed by atoms with E-state index in [-0.39, 0.29) is 5.91 Å². The summed E-state index contributed by atoms with van der Waals surface area (Å²) in [4.78, 5) is 18.3. The molecule has 0 aromatic heterocycles. The zero-order valence-electron chi connectivity index (χ0n) is 16.3. The number of likely N-dealkylation sites (tertiary alicyclic amines) is 1. The summed E-state index contributed by atoms with van der Waals surface area (Å²) in [5, 5.41) is 0. The molecule has 144 valence electrons. The Morgan fingerprint density at radius 1 is 1.11 bits per heavy atom. The molecule has 1 aliphatic carbocycles. The molecule has 0 spiro atoms. The maximum atomic E-state index is 13.3. The quantitative estimate of drug-likeness (QED) is 0.748. The summed E-state index contributed by atoms with van der Waals surface area (Å²) in [5.74, 6) is 2.31. The maximum absolute atomic E-state index is 13.3. The topological polar surface area (TPSA) is 32.8 Å². The number of methoxy groups -OCH3 is 1. The summed E-state index contributed by atoms with van der Waals surface area (Å²) in [6, 6.07) is 8.68. The molecule has 3 heterocycles. The Bertz CT molecular complexity index is 741. The van der Waals surface area contributed by atoms with E-state index in [1.54, 1.807) is 12.7 Å². The molecule has 3 aliphatic heterocycles. The standard InChI is InChI=1S/C23H30N2O2/c1-27-20-9-7-16(8-10-20)23(26)25-12-4-5-17-13-18-14-19(22(17)25)15-24-11-3-2-6-21(18)24/h7-10,13,18-19,21-22H,2-6,11-12,14-15H2,1H3/t18-,19-,21+,22+/m0/s1. The average Bonchev–Trinajstić information content (AvgIpc) is 2.73. The lowest BCUT2D eigenvalue weighted by Crippen LogP contribution is -2.60. The van der Waals surface area contributed by atoms with Crippen molar-refractivity contribution >= 4 is 5.91 Å². The lowest BCUT2D eigenvalue weighted by molar-refractivity contribution is 0.00147. The van der Waals surface area contributed by atoms with Gasteiger partial charge in [0.25, 0.3) is 5.91 Å². The summed E-state index contributed by atoms with van der Waals surface area (Å²) < 4.78 is 5.24. The monoisotopic (exact) mass is 366 g/mol. The van der Waals surface area contributed by atoms with E-state index in [0.717, 1.165) is 30.3 Å². The van der Waals surface area contributed by atoms with Gasteiger partial charge in [0.1, 0.15) is 5.75 Å². The van der Waals surface area contributed by atoms with Gasteiger partial charge in [-0.3, -0.25) is 9.69 Å². The lowest BCUT2D eigenvalue weighted by Gasteiger charge is -2.54. The summed E-state index contributed by atoms with van der Waals surface area (Å²) >= 11 is 0. The van der Waals surface area contributed by atoms with Gasteiger partial charge in [0.05, 0.1) is 13.2 Å². The number of amides is 1. The molecule has 1 aromatic carbocycles. The van der Waals surface area contributed by atoms with Crippen molar-refractivity contribution in [3.63, 3.8) is 0 Å². The fourth-order valence-electron chi connectivity index (χ4n) is 6.10. The number of hydrogen-bond acceptors (Lipinski definition) is 3. The van der Waals surface area contributed by atoms with E-state index in [9.17, 15) is 4.79 Å². The number of hydrogen-bond donors (Lipinski definition) is 0. The Morgan fingerprint density at radius 3 is 2.78 bits per heavy atom. The van der Waals surface area contributed by atoms with Crippen LogP contribution in [-0.2, 0) is 0 Å². The first-order valence-electron chi connectivity index (χ1n) is 10.6. The minimum absolute atomic E-state index is 0.187. The first kappa shape index (κ1) is 17.3. The van der Waals surface area contributed by atoms with Crippen molar-refractivity contribution in [3.05, 3.63) is 41.5 Å². The Kier molecular flexibility index (Phi) is 4.47. The van der Waals surface area contributed by atoms with Crippen LogP contribution >= 0.6 is 0 Å². The minimum atomic E-state index is 0.187. The highest BCUT2D eigenvalue weighted by Gasteiger charge is 2.46. The maximum Gasteiger partial charge on any atom is 0.254 e. The molecule has 1 amide bonds. The van der Waals surface area contributed by atoms with Gasteiger partial charge >= 0.3 is 0 Å². The minimum Gasteiger partial charge on any atom is -0.497 e. The van der Waals surface area contributed by atoms with Crippen molar-refractivity contribution < 1.29 is 9.53 Å². The van der Waals surface area contributed by atoms with Gasteiger partial charge in [-0.15, -0.1) is 0 Å². The highest BCUT2D eigenvalue weighted by molar-refractivity contribution is 5.95. The fourth-order valence-corrected chi connectivity index (χ4v) is 6.10. The number of carbonyl (C=O) groups excluding carboxylic acids is 1. The molecular formula is C23H30N2O2. The van der Waals surface area contributed by atoms with E-state index < -0.39 is 0 Å². The van der Waals surface area contributed by atoms with E-state index in [0.29, 0.717) is 17.9 Å². The number of benzene rings is 1. The molecule has 3 fully saturated rings. The molecule has 0 N–H and O–H groups in total. The van der Waals surface area contributed by atoms with Crippen molar-refractivity contribution in [2.75, 3.05) is 26.7 Å².